The SMILES string of the molecule is Cc1nc(-c2c3ncnn(N4CCN(Cc5ccc6c(c5)OCCO6)CC4)c-3c3c2CCCC3)sc1C. The lowest BCUT2D eigenvalue weighted by atomic mass is 9.93. The van der Waals surface area contributed by atoms with Gasteiger partial charge in [0.15, 0.2) is 11.5 Å². The van der Waals surface area contributed by atoms with Crippen LogP contribution >= 0.6 is 11.3 Å². The summed E-state index contributed by atoms with van der Waals surface area (Å²) in [5, 5.41) is 8.29. The summed E-state index contributed by atoms with van der Waals surface area (Å²) in [5.74, 6) is 1.72. The van der Waals surface area contributed by atoms with Crippen LogP contribution in [0.5, 0.6) is 11.5 Å². The topological polar surface area (TPSA) is 68.5 Å². The molecule has 0 spiro atoms. The number of hydrogen-bond acceptors (Lipinski definition) is 8. The van der Waals surface area contributed by atoms with Crippen LogP contribution in [0.1, 0.15) is 40.1 Å². The molecule has 0 atom stereocenters. The van der Waals surface area contributed by atoms with Gasteiger partial charge in [0.05, 0.1) is 5.69 Å². The molecule has 4 heterocycles. The second kappa shape index (κ2) is 9.29. The molecule has 0 saturated carbocycles. The average molecular weight is 517 g/mol. The maximum absolute atomic E-state index is 5.78. The molecule has 37 heavy (non-hydrogen) atoms. The van der Waals surface area contributed by atoms with E-state index in [1.54, 1.807) is 17.7 Å². The van der Waals surface area contributed by atoms with Crippen LogP contribution in [-0.2, 0) is 19.4 Å². The van der Waals surface area contributed by atoms with Gasteiger partial charge in [0.1, 0.15) is 35.9 Å². The molecule has 0 unspecified atom stereocenters. The van der Waals surface area contributed by atoms with Gasteiger partial charge in [0, 0.05) is 43.2 Å². The van der Waals surface area contributed by atoms with Crippen molar-refractivity contribution in [3.05, 3.63) is 51.8 Å². The highest BCUT2D eigenvalue weighted by Gasteiger charge is 2.33. The molecule has 9 heteroatoms. The molecule has 7 rings (SSSR count). The fraction of sp³-hybridized carbons (Fsp3) is 0.464. The molecule has 0 amide bonds. The molecule has 2 aromatic rings. The van der Waals surface area contributed by atoms with Crippen molar-refractivity contribution in [1.29, 1.82) is 0 Å². The maximum atomic E-state index is 5.78. The predicted molar refractivity (Wildman–Crippen MR) is 145 cm³/mol. The van der Waals surface area contributed by atoms with Crippen LogP contribution in [-0.4, -0.2) is 64.2 Å². The Bertz CT molecular complexity index is 1400. The number of benzene rings is 1. The summed E-state index contributed by atoms with van der Waals surface area (Å²) in [5.41, 5.74) is 8.77. The average Bonchev–Trinajstić information content (AvgIpc) is 3.45. The van der Waals surface area contributed by atoms with Crippen LogP contribution < -0.4 is 14.5 Å². The largest absolute Gasteiger partial charge is 0.486 e. The van der Waals surface area contributed by atoms with E-state index in [1.165, 1.54) is 45.7 Å². The Morgan fingerprint density at radius 3 is 2.51 bits per heavy atom. The zero-order valence-electron chi connectivity index (χ0n) is 21.5. The van der Waals surface area contributed by atoms with Gasteiger partial charge < -0.3 is 9.47 Å². The van der Waals surface area contributed by atoms with Gasteiger partial charge >= 0.3 is 0 Å². The first-order valence-electron chi connectivity index (χ1n) is 13.3. The van der Waals surface area contributed by atoms with Crippen LogP contribution in [0.25, 0.3) is 22.0 Å². The minimum atomic E-state index is 0.620. The maximum Gasteiger partial charge on any atom is 0.161 e. The van der Waals surface area contributed by atoms with Gasteiger partial charge in [-0.05, 0) is 68.4 Å². The van der Waals surface area contributed by atoms with Crippen molar-refractivity contribution in [2.24, 2.45) is 0 Å². The lowest BCUT2D eigenvalue weighted by Gasteiger charge is -2.37. The van der Waals surface area contributed by atoms with Crippen molar-refractivity contribution in [1.82, 2.24) is 24.8 Å². The third-order valence-electron chi connectivity index (χ3n) is 7.94. The van der Waals surface area contributed by atoms with E-state index in [1.807, 2.05) is 6.07 Å². The molecule has 1 aromatic heterocycles. The van der Waals surface area contributed by atoms with Gasteiger partial charge in [-0.3, -0.25) is 9.91 Å². The number of ether oxygens (including phenoxy) is 2. The van der Waals surface area contributed by atoms with Crippen molar-refractivity contribution in [3.63, 3.8) is 0 Å². The summed E-state index contributed by atoms with van der Waals surface area (Å²) in [6.45, 7) is 10.2. The van der Waals surface area contributed by atoms with Crippen molar-refractivity contribution in [3.8, 4) is 33.5 Å². The highest BCUT2D eigenvalue weighted by atomic mass is 32.1. The first-order valence-corrected chi connectivity index (χ1v) is 14.2. The predicted octanol–water partition coefficient (Wildman–Crippen LogP) is 4.23. The molecule has 192 valence electrons. The Balaban J connectivity index is 1.14. The number of fused-ring (bicyclic) bond motifs is 4. The molecule has 0 N–H and O–H groups in total. The summed E-state index contributed by atoms with van der Waals surface area (Å²) in [6, 6.07) is 6.32. The zero-order valence-corrected chi connectivity index (χ0v) is 22.3. The highest BCUT2D eigenvalue weighted by molar-refractivity contribution is 7.15. The highest BCUT2D eigenvalue weighted by Crippen LogP contribution is 2.46. The zero-order chi connectivity index (χ0) is 24.9. The lowest BCUT2D eigenvalue weighted by Crippen LogP contribution is -2.51. The van der Waals surface area contributed by atoms with E-state index in [4.69, 9.17) is 24.5 Å². The molecule has 8 nitrogen and oxygen atoms in total. The van der Waals surface area contributed by atoms with Crippen LogP contribution in [0.15, 0.2) is 24.5 Å². The standard InChI is InChI=1S/C28H32N6O2S/c1-18-19(2)37-28(31-18)25-21-5-3-4-6-22(21)27-26(25)29-17-30-34(27)33-11-9-32(10-12-33)16-20-7-8-23-24(15-20)36-14-13-35-23/h7-8,15,17H,3-6,9-14,16H2,1-2H3. The molecule has 5 aliphatic rings. The van der Waals surface area contributed by atoms with Gasteiger partial charge in [-0.25, -0.2) is 9.97 Å². The third-order valence-corrected chi connectivity index (χ3v) is 9.03. The molecule has 0 bridgehead atoms. The van der Waals surface area contributed by atoms with Crippen LogP contribution in [0.3, 0.4) is 0 Å². The van der Waals surface area contributed by atoms with E-state index < -0.39 is 0 Å². The third kappa shape index (κ3) is 4.05. The van der Waals surface area contributed by atoms with E-state index in [0.29, 0.717) is 13.2 Å². The van der Waals surface area contributed by atoms with Gasteiger partial charge in [-0.15, -0.1) is 16.4 Å². The number of rotatable bonds is 4. The van der Waals surface area contributed by atoms with E-state index in [-0.39, 0.29) is 0 Å². The Morgan fingerprint density at radius 2 is 1.73 bits per heavy atom. The van der Waals surface area contributed by atoms with E-state index in [0.717, 1.165) is 73.5 Å². The second-order valence-electron chi connectivity index (χ2n) is 10.3. The first kappa shape index (κ1) is 23.0. The summed E-state index contributed by atoms with van der Waals surface area (Å²) in [4.78, 5) is 15.7. The number of aromatic nitrogens is 4. The van der Waals surface area contributed by atoms with Crippen LogP contribution in [0.4, 0.5) is 0 Å². The molecule has 2 aliphatic carbocycles. The fourth-order valence-electron chi connectivity index (χ4n) is 5.93. The molecular formula is C28H32N6O2S. The molecular weight excluding hydrogens is 484 g/mol. The van der Waals surface area contributed by atoms with Gasteiger partial charge in [-0.1, -0.05) is 6.07 Å². The van der Waals surface area contributed by atoms with E-state index in [9.17, 15) is 0 Å². The molecule has 1 fully saturated rings. The van der Waals surface area contributed by atoms with E-state index >= 15 is 0 Å². The van der Waals surface area contributed by atoms with Crippen LogP contribution in [0.2, 0.25) is 0 Å². The first-order chi connectivity index (χ1) is 18.2. The lowest BCUT2D eigenvalue weighted by molar-refractivity contribution is 0.170. The molecule has 3 aliphatic heterocycles. The summed E-state index contributed by atoms with van der Waals surface area (Å²) >= 11 is 1.79. The van der Waals surface area contributed by atoms with Gasteiger partial charge in [-0.2, -0.15) is 4.79 Å². The van der Waals surface area contributed by atoms with Crippen molar-refractivity contribution >= 4 is 11.3 Å². The minimum Gasteiger partial charge on any atom is -0.486 e. The Kier molecular flexibility index (Phi) is 5.77. The molecule has 1 aromatic carbocycles. The summed E-state index contributed by atoms with van der Waals surface area (Å²) in [6.07, 6.45) is 6.37. The Morgan fingerprint density at radius 1 is 0.946 bits per heavy atom. The Hall–Kier alpha value is -3.17. The monoisotopic (exact) mass is 516 g/mol. The summed E-state index contributed by atoms with van der Waals surface area (Å²) in [7, 11) is 0. The number of piperazine rings is 1. The number of nitrogens with zero attached hydrogens (tertiary/aromatic N) is 6. The number of hydrogen-bond donors (Lipinski definition) is 0. The number of thiazole rings is 1. The fourth-order valence-corrected chi connectivity index (χ4v) is 6.92. The normalized spacial score (nSPS) is 17.8. The van der Waals surface area contributed by atoms with E-state index in [2.05, 4.69) is 40.7 Å². The van der Waals surface area contributed by atoms with Crippen molar-refractivity contribution in [2.75, 3.05) is 44.4 Å². The van der Waals surface area contributed by atoms with Crippen LogP contribution in [0, 0.1) is 13.8 Å². The smallest absolute Gasteiger partial charge is 0.161 e. The van der Waals surface area contributed by atoms with Crippen molar-refractivity contribution in [2.45, 2.75) is 46.1 Å². The second-order valence-corrected chi connectivity index (χ2v) is 11.5. The van der Waals surface area contributed by atoms with Gasteiger partial charge in [0.25, 0.3) is 0 Å². The number of aryl methyl sites for hydroxylation is 2. The molecule has 0 radical (unpaired) electrons. The minimum absolute atomic E-state index is 0.620. The van der Waals surface area contributed by atoms with Gasteiger partial charge in [0.2, 0.25) is 0 Å². The summed E-state index contributed by atoms with van der Waals surface area (Å²) < 4.78 is 11.5. The molecule has 1 saturated heterocycles. The van der Waals surface area contributed by atoms with Crippen molar-refractivity contribution < 1.29 is 9.47 Å². The Labute approximate surface area is 221 Å². The quantitative estimate of drug-likeness (QED) is 0.402.